The number of amides is 1. The third kappa shape index (κ3) is 3.29. The number of likely N-dealkylation sites (tertiary alicyclic amines) is 1. The zero-order chi connectivity index (χ0) is 17.3. The van der Waals surface area contributed by atoms with E-state index in [1.165, 1.54) is 4.90 Å². The molecule has 1 fully saturated rings. The van der Waals surface area contributed by atoms with Gasteiger partial charge in [-0.15, -0.1) is 0 Å². The lowest BCUT2D eigenvalue weighted by atomic mass is 9.97. The van der Waals surface area contributed by atoms with Gasteiger partial charge in [0, 0.05) is 18.7 Å². The average Bonchev–Trinajstić information content (AvgIpc) is 2.96. The van der Waals surface area contributed by atoms with Crippen molar-refractivity contribution in [2.24, 2.45) is 5.92 Å². The van der Waals surface area contributed by atoms with E-state index in [1.54, 1.807) is 19.1 Å². The first kappa shape index (κ1) is 16.5. The first-order chi connectivity index (χ1) is 11.4. The molecule has 0 spiro atoms. The summed E-state index contributed by atoms with van der Waals surface area (Å²) in [6.07, 6.45) is -3.91. The van der Waals surface area contributed by atoms with Gasteiger partial charge in [-0.05, 0) is 31.9 Å². The van der Waals surface area contributed by atoms with Crippen LogP contribution in [0.5, 0.6) is 0 Å². The highest BCUT2D eigenvalue weighted by Gasteiger charge is 2.43. The molecule has 0 bridgehead atoms. The third-order valence-electron chi connectivity index (χ3n) is 4.18. The Labute approximate surface area is 137 Å². The van der Waals surface area contributed by atoms with Crippen molar-refractivity contribution in [1.82, 2.24) is 9.88 Å². The molecule has 128 valence electrons. The predicted molar refractivity (Wildman–Crippen MR) is 81.4 cm³/mol. The number of rotatable bonds is 2. The Balaban J connectivity index is 1.82. The lowest BCUT2D eigenvalue weighted by Gasteiger charge is -2.33. The van der Waals surface area contributed by atoms with Crippen molar-refractivity contribution >= 4 is 5.91 Å². The van der Waals surface area contributed by atoms with Crippen LogP contribution in [0.15, 0.2) is 34.7 Å². The SMILES string of the molecule is Cc1nc(-c2ccccc2)oc1C(=O)N1CCC[C@@H](C(F)(F)F)C1. The summed E-state index contributed by atoms with van der Waals surface area (Å²) in [5, 5.41) is 0. The number of alkyl halides is 3. The lowest BCUT2D eigenvalue weighted by molar-refractivity contribution is -0.184. The van der Waals surface area contributed by atoms with Gasteiger partial charge in [-0.2, -0.15) is 13.2 Å². The smallest absolute Gasteiger partial charge is 0.393 e. The Kier molecular flexibility index (Phi) is 4.34. The van der Waals surface area contributed by atoms with Gasteiger partial charge >= 0.3 is 6.18 Å². The van der Waals surface area contributed by atoms with E-state index in [4.69, 9.17) is 4.42 Å². The number of oxazole rings is 1. The third-order valence-corrected chi connectivity index (χ3v) is 4.18. The van der Waals surface area contributed by atoms with E-state index >= 15 is 0 Å². The molecule has 2 aromatic rings. The van der Waals surface area contributed by atoms with E-state index < -0.39 is 18.0 Å². The van der Waals surface area contributed by atoms with E-state index in [1.807, 2.05) is 18.2 Å². The molecule has 4 nitrogen and oxygen atoms in total. The van der Waals surface area contributed by atoms with Gasteiger partial charge in [-0.1, -0.05) is 18.2 Å². The summed E-state index contributed by atoms with van der Waals surface area (Å²) >= 11 is 0. The van der Waals surface area contributed by atoms with Crippen LogP contribution in [-0.2, 0) is 0 Å². The lowest BCUT2D eigenvalue weighted by Crippen LogP contribution is -2.44. The first-order valence-corrected chi connectivity index (χ1v) is 7.75. The van der Waals surface area contributed by atoms with Gasteiger partial charge in [0.25, 0.3) is 5.91 Å². The standard InChI is InChI=1S/C17H17F3N2O2/c1-11-14(24-15(21-11)12-6-3-2-4-7-12)16(23)22-9-5-8-13(10-22)17(18,19)20/h2-4,6-7,13H,5,8-10H2,1H3/t13-/m1/s1. The van der Waals surface area contributed by atoms with Crippen molar-refractivity contribution in [2.45, 2.75) is 25.9 Å². The molecule has 1 aromatic heterocycles. The number of benzene rings is 1. The Morgan fingerprint density at radius 3 is 2.67 bits per heavy atom. The van der Waals surface area contributed by atoms with Crippen LogP contribution < -0.4 is 0 Å². The minimum atomic E-state index is -4.29. The van der Waals surface area contributed by atoms with Crippen LogP contribution in [0.3, 0.4) is 0 Å². The van der Waals surface area contributed by atoms with Crippen LogP contribution in [0.1, 0.15) is 29.1 Å². The van der Waals surface area contributed by atoms with Gasteiger partial charge in [0.2, 0.25) is 11.7 Å². The highest BCUT2D eigenvalue weighted by molar-refractivity contribution is 5.93. The van der Waals surface area contributed by atoms with Gasteiger partial charge in [0.15, 0.2) is 0 Å². The summed E-state index contributed by atoms with van der Waals surface area (Å²) in [5.74, 6) is -1.71. The number of carbonyl (C=O) groups excluding carboxylic acids is 1. The Morgan fingerprint density at radius 2 is 2.00 bits per heavy atom. The maximum atomic E-state index is 12.9. The van der Waals surface area contributed by atoms with Gasteiger partial charge in [-0.3, -0.25) is 4.79 Å². The molecule has 1 amide bonds. The highest BCUT2D eigenvalue weighted by Crippen LogP contribution is 2.34. The van der Waals surface area contributed by atoms with E-state index in [9.17, 15) is 18.0 Å². The summed E-state index contributed by atoms with van der Waals surface area (Å²) in [6.45, 7) is 1.59. The summed E-state index contributed by atoms with van der Waals surface area (Å²) in [4.78, 5) is 18.0. The molecule has 0 saturated carbocycles. The molecule has 3 rings (SSSR count). The zero-order valence-electron chi connectivity index (χ0n) is 13.1. The number of piperidine rings is 1. The number of hydrogen-bond acceptors (Lipinski definition) is 3. The van der Waals surface area contributed by atoms with E-state index in [0.717, 1.165) is 0 Å². The van der Waals surface area contributed by atoms with Crippen molar-refractivity contribution in [2.75, 3.05) is 13.1 Å². The van der Waals surface area contributed by atoms with Crippen LogP contribution >= 0.6 is 0 Å². The second kappa shape index (κ2) is 6.30. The molecule has 2 heterocycles. The molecule has 0 aliphatic carbocycles. The summed E-state index contributed by atoms with van der Waals surface area (Å²) in [7, 11) is 0. The number of nitrogens with zero attached hydrogens (tertiary/aromatic N) is 2. The number of carbonyl (C=O) groups is 1. The Hall–Kier alpha value is -2.31. The van der Waals surface area contributed by atoms with E-state index in [0.29, 0.717) is 30.1 Å². The Morgan fingerprint density at radius 1 is 1.29 bits per heavy atom. The van der Waals surface area contributed by atoms with Crippen LogP contribution in [-0.4, -0.2) is 35.1 Å². The van der Waals surface area contributed by atoms with E-state index in [-0.39, 0.29) is 18.7 Å². The van der Waals surface area contributed by atoms with Crippen LogP contribution in [0, 0.1) is 12.8 Å². The molecular weight excluding hydrogens is 321 g/mol. The number of aromatic nitrogens is 1. The molecule has 1 aliphatic heterocycles. The monoisotopic (exact) mass is 338 g/mol. The molecule has 24 heavy (non-hydrogen) atoms. The van der Waals surface area contributed by atoms with Crippen molar-refractivity contribution in [1.29, 1.82) is 0 Å². The second-order valence-corrected chi connectivity index (χ2v) is 5.93. The number of halogens is 3. The number of hydrogen-bond donors (Lipinski definition) is 0. The van der Waals surface area contributed by atoms with Gasteiger partial charge < -0.3 is 9.32 Å². The number of aryl methyl sites for hydroxylation is 1. The molecule has 7 heteroatoms. The fourth-order valence-corrected chi connectivity index (χ4v) is 2.87. The topological polar surface area (TPSA) is 46.3 Å². The van der Waals surface area contributed by atoms with Crippen LogP contribution in [0.2, 0.25) is 0 Å². The van der Waals surface area contributed by atoms with Crippen molar-refractivity contribution in [3.8, 4) is 11.5 Å². The molecule has 1 aliphatic rings. The summed E-state index contributed by atoms with van der Waals surface area (Å²) in [5.41, 5.74) is 1.10. The molecular formula is C17H17F3N2O2. The molecule has 1 atom stereocenters. The largest absolute Gasteiger partial charge is 0.431 e. The fourth-order valence-electron chi connectivity index (χ4n) is 2.87. The van der Waals surface area contributed by atoms with Gasteiger partial charge in [0.1, 0.15) is 0 Å². The minimum Gasteiger partial charge on any atom is -0.431 e. The van der Waals surface area contributed by atoms with Gasteiger partial charge in [-0.25, -0.2) is 4.98 Å². The van der Waals surface area contributed by atoms with Crippen LogP contribution in [0.4, 0.5) is 13.2 Å². The average molecular weight is 338 g/mol. The molecule has 0 radical (unpaired) electrons. The predicted octanol–water partition coefficient (Wildman–Crippen LogP) is 4.06. The summed E-state index contributed by atoms with van der Waals surface area (Å²) in [6, 6.07) is 9.06. The van der Waals surface area contributed by atoms with Crippen LogP contribution in [0.25, 0.3) is 11.5 Å². The van der Waals surface area contributed by atoms with Gasteiger partial charge in [0.05, 0.1) is 11.6 Å². The maximum absolute atomic E-state index is 12.9. The normalized spacial score (nSPS) is 18.7. The van der Waals surface area contributed by atoms with Crippen molar-refractivity contribution in [3.63, 3.8) is 0 Å². The quantitative estimate of drug-likeness (QED) is 0.829. The molecule has 1 aromatic carbocycles. The van der Waals surface area contributed by atoms with Crippen molar-refractivity contribution < 1.29 is 22.4 Å². The first-order valence-electron chi connectivity index (χ1n) is 7.75. The molecule has 0 unspecified atom stereocenters. The van der Waals surface area contributed by atoms with E-state index in [2.05, 4.69) is 4.98 Å². The summed E-state index contributed by atoms with van der Waals surface area (Å²) < 4.78 is 44.3. The highest BCUT2D eigenvalue weighted by atomic mass is 19.4. The Bertz CT molecular complexity index is 725. The molecule has 1 saturated heterocycles. The second-order valence-electron chi connectivity index (χ2n) is 5.93. The fraction of sp³-hybridized carbons (Fsp3) is 0.412. The minimum absolute atomic E-state index is 0.0108. The zero-order valence-corrected chi connectivity index (χ0v) is 13.1. The maximum Gasteiger partial charge on any atom is 0.393 e. The molecule has 0 N–H and O–H groups in total. The van der Waals surface area contributed by atoms with Crippen molar-refractivity contribution in [3.05, 3.63) is 41.8 Å².